The van der Waals surface area contributed by atoms with Gasteiger partial charge in [-0.15, -0.1) is 0 Å². The van der Waals surface area contributed by atoms with Gasteiger partial charge in [-0.2, -0.15) is 0 Å². The van der Waals surface area contributed by atoms with Gasteiger partial charge in [-0.1, -0.05) is 30.3 Å². The van der Waals surface area contributed by atoms with Gasteiger partial charge in [0.25, 0.3) is 0 Å². The Hall–Kier alpha value is -2.32. The SMILES string of the molecule is Cc1ncnc2c1ccn2[C@@H]1O[C@@H]2[C@H](OCc3ccccc3)CC[C@]2(O)[C@H]1O. The Morgan fingerprint density at radius 2 is 2.07 bits per heavy atom. The van der Waals surface area contributed by atoms with Crippen LogP contribution in [0.25, 0.3) is 11.0 Å². The second-order valence-electron chi connectivity index (χ2n) is 7.68. The van der Waals surface area contributed by atoms with Gasteiger partial charge in [-0.25, -0.2) is 9.97 Å². The summed E-state index contributed by atoms with van der Waals surface area (Å²) in [5.74, 6) is 0. The van der Waals surface area contributed by atoms with E-state index in [-0.39, 0.29) is 6.10 Å². The lowest BCUT2D eigenvalue weighted by atomic mass is 9.94. The smallest absolute Gasteiger partial charge is 0.164 e. The third-order valence-corrected chi connectivity index (χ3v) is 6.02. The molecule has 1 aliphatic heterocycles. The van der Waals surface area contributed by atoms with Crippen molar-refractivity contribution in [2.75, 3.05) is 0 Å². The fraction of sp³-hybridized carbons (Fsp3) is 0.429. The fourth-order valence-electron chi connectivity index (χ4n) is 4.45. The zero-order valence-electron chi connectivity index (χ0n) is 15.6. The molecule has 1 saturated heterocycles. The summed E-state index contributed by atoms with van der Waals surface area (Å²) in [6, 6.07) is 11.8. The molecule has 7 heteroatoms. The van der Waals surface area contributed by atoms with Crippen molar-refractivity contribution in [3.8, 4) is 0 Å². The molecule has 0 radical (unpaired) electrons. The molecule has 2 aliphatic rings. The van der Waals surface area contributed by atoms with Gasteiger partial charge in [-0.05, 0) is 31.4 Å². The van der Waals surface area contributed by atoms with E-state index in [1.54, 1.807) is 4.57 Å². The molecule has 0 spiro atoms. The number of aliphatic hydroxyl groups is 2. The molecule has 146 valence electrons. The van der Waals surface area contributed by atoms with Gasteiger partial charge in [0.15, 0.2) is 6.23 Å². The van der Waals surface area contributed by atoms with Crippen molar-refractivity contribution in [2.45, 2.75) is 56.5 Å². The van der Waals surface area contributed by atoms with Crippen molar-refractivity contribution in [1.29, 1.82) is 0 Å². The summed E-state index contributed by atoms with van der Waals surface area (Å²) < 4.78 is 14.0. The lowest BCUT2D eigenvalue weighted by molar-refractivity contribution is -0.109. The standard InChI is InChI=1S/C21H23N3O4/c1-13-15-8-10-24(19(15)23-12-22-13)20-17(25)21(26)9-7-16(18(21)28-20)27-11-14-5-3-2-4-6-14/h2-6,8,10,12,16-18,20,25-26H,7,9,11H2,1H3/t16-,17+,18-,20-,21+/m1/s1. The topological polar surface area (TPSA) is 89.6 Å². The number of ether oxygens (including phenoxy) is 2. The first-order chi connectivity index (χ1) is 13.6. The van der Waals surface area contributed by atoms with Crippen LogP contribution in [0, 0.1) is 6.92 Å². The van der Waals surface area contributed by atoms with Crippen LogP contribution in [0.2, 0.25) is 0 Å². The maximum absolute atomic E-state index is 11.2. The monoisotopic (exact) mass is 381 g/mol. The number of hydrogen-bond donors (Lipinski definition) is 2. The molecule has 0 unspecified atom stereocenters. The quantitative estimate of drug-likeness (QED) is 0.720. The van der Waals surface area contributed by atoms with Gasteiger partial charge in [0.1, 0.15) is 29.8 Å². The summed E-state index contributed by atoms with van der Waals surface area (Å²) in [6.07, 6.45) is 1.76. The summed E-state index contributed by atoms with van der Waals surface area (Å²) in [7, 11) is 0. The summed E-state index contributed by atoms with van der Waals surface area (Å²) in [6.45, 7) is 2.36. The van der Waals surface area contributed by atoms with Crippen molar-refractivity contribution in [2.24, 2.45) is 0 Å². The molecule has 7 nitrogen and oxygen atoms in total. The molecule has 5 rings (SSSR count). The minimum absolute atomic E-state index is 0.275. The largest absolute Gasteiger partial charge is 0.385 e. The van der Waals surface area contributed by atoms with Crippen LogP contribution in [0.5, 0.6) is 0 Å². The number of hydrogen-bond acceptors (Lipinski definition) is 6. The summed E-state index contributed by atoms with van der Waals surface area (Å²) >= 11 is 0. The van der Waals surface area contributed by atoms with Crippen LogP contribution < -0.4 is 0 Å². The van der Waals surface area contributed by atoms with E-state index >= 15 is 0 Å². The van der Waals surface area contributed by atoms with E-state index in [1.807, 2.05) is 49.5 Å². The van der Waals surface area contributed by atoms with Gasteiger partial charge < -0.3 is 24.3 Å². The highest BCUT2D eigenvalue weighted by Gasteiger charge is 2.62. The number of aromatic nitrogens is 3. The van der Waals surface area contributed by atoms with Crippen molar-refractivity contribution < 1.29 is 19.7 Å². The molecule has 28 heavy (non-hydrogen) atoms. The number of aliphatic hydroxyl groups excluding tert-OH is 1. The Bertz CT molecular complexity index is 992. The summed E-state index contributed by atoms with van der Waals surface area (Å²) in [5, 5.41) is 23.0. The van der Waals surface area contributed by atoms with Crippen LogP contribution in [0.15, 0.2) is 48.9 Å². The molecule has 3 heterocycles. The average Bonchev–Trinajstić information content (AvgIpc) is 3.34. The van der Waals surface area contributed by atoms with Gasteiger partial charge in [0.2, 0.25) is 0 Å². The number of rotatable bonds is 4. The molecule has 0 bridgehead atoms. The summed E-state index contributed by atoms with van der Waals surface area (Å²) in [4.78, 5) is 8.55. The zero-order chi connectivity index (χ0) is 19.3. The Labute approximate surface area is 162 Å². The third kappa shape index (κ3) is 2.66. The molecule has 2 aromatic heterocycles. The van der Waals surface area contributed by atoms with Crippen molar-refractivity contribution >= 4 is 11.0 Å². The maximum atomic E-state index is 11.2. The normalized spacial score (nSPS) is 32.1. The Morgan fingerprint density at radius 3 is 2.89 bits per heavy atom. The van der Waals surface area contributed by atoms with E-state index in [4.69, 9.17) is 9.47 Å². The van der Waals surface area contributed by atoms with Gasteiger partial charge in [-0.3, -0.25) is 0 Å². The van der Waals surface area contributed by atoms with E-state index in [2.05, 4.69) is 9.97 Å². The lowest BCUT2D eigenvalue weighted by Gasteiger charge is -2.26. The molecular weight excluding hydrogens is 358 g/mol. The predicted octanol–water partition coefficient (Wildman–Crippen LogP) is 2.11. The molecule has 1 aliphatic carbocycles. The van der Waals surface area contributed by atoms with Crippen molar-refractivity contribution in [3.63, 3.8) is 0 Å². The van der Waals surface area contributed by atoms with E-state index in [9.17, 15) is 10.2 Å². The minimum atomic E-state index is -1.33. The van der Waals surface area contributed by atoms with Crippen LogP contribution in [0.4, 0.5) is 0 Å². The molecule has 2 fully saturated rings. The highest BCUT2D eigenvalue weighted by molar-refractivity contribution is 5.78. The van der Waals surface area contributed by atoms with Gasteiger partial charge >= 0.3 is 0 Å². The van der Waals surface area contributed by atoms with Crippen molar-refractivity contribution in [1.82, 2.24) is 14.5 Å². The van der Waals surface area contributed by atoms with Gasteiger partial charge in [0, 0.05) is 11.6 Å². The average molecular weight is 381 g/mol. The van der Waals surface area contributed by atoms with Crippen molar-refractivity contribution in [3.05, 3.63) is 60.2 Å². The van der Waals surface area contributed by atoms with Crippen LogP contribution in [0.1, 0.15) is 30.3 Å². The first kappa shape index (κ1) is 17.8. The third-order valence-electron chi connectivity index (χ3n) is 6.02. The summed E-state index contributed by atoms with van der Waals surface area (Å²) in [5.41, 5.74) is 1.28. The Morgan fingerprint density at radius 1 is 1.25 bits per heavy atom. The van der Waals surface area contributed by atoms with Crippen LogP contribution in [-0.2, 0) is 16.1 Å². The van der Waals surface area contributed by atoms with Gasteiger partial charge in [0.05, 0.1) is 18.4 Å². The molecule has 5 atom stereocenters. The van der Waals surface area contributed by atoms with Crippen LogP contribution in [-0.4, -0.2) is 48.7 Å². The fourth-order valence-corrected chi connectivity index (χ4v) is 4.45. The second kappa shape index (κ2) is 6.63. The minimum Gasteiger partial charge on any atom is -0.385 e. The molecule has 2 N–H and O–H groups in total. The molecule has 1 saturated carbocycles. The predicted molar refractivity (Wildman–Crippen MR) is 101 cm³/mol. The second-order valence-corrected chi connectivity index (χ2v) is 7.68. The van der Waals surface area contributed by atoms with Crippen LogP contribution in [0.3, 0.4) is 0 Å². The zero-order valence-corrected chi connectivity index (χ0v) is 15.6. The number of fused-ring (bicyclic) bond motifs is 2. The number of aryl methyl sites for hydroxylation is 1. The molecule has 3 aromatic rings. The Balaban J connectivity index is 1.39. The first-order valence-corrected chi connectivity index (χ1v) is 9.57. The first-order valence-electron chi connectivity index (χ1n) is 9.57. The molecule has 0 amide bonds. The highest BCUT2D eigenvalue weighted by atomic mass is 16.6. The maximum Gasteiger partial charge on any atom is 0.164 e. The van der Waals surface area contributed by atoms with E-state index < -0.39 is 24.0 Å². The number of benzene rings is 1. The highest BCUT2D eigenvalue weighted by Crippen LogP contribution is 2.48. The molecule has 1 aromatic carbocycles. The molecular formula is C21H23N3O4. The van der Waals surface area contributed by atoms with E-state index in [0.717, 1.165) is 16.6 Å². The lowest BCUT2D eigenvalue weighted by Crippen LogP contribution is -2.46. The Kier molecular flexibility index (Phi) is 4.21. The van der Waals surface area contributed by atoms with E-state index in [0.29, 0.717) is 25.1 Å². The van der Waals surface area contributed by atoms with Crippen LogP contribution >= 0.6 is 0 Å². The van der Waals surface area contributed by atoms with E-state index in [1.165, 1.54) is 6.33 Å². The number of nitrogens with zero attached hydrogens (tertiary/aromatic N) is 3.